The number of piperidine rings is 1. The molecule has 1 N–H and O–H groups in total. The van der Waals surface area contributed by atoms with Crippen LogP contribution in [0.5, 0.6) is 11.5 Å². The molecule has 4 rings (SSSR count). The normalized spacial score (nSPS) is 24.8. The lowest BCUT2D eigenvalue weighted by Crippen LogP contribution is -3.00. The van der Waals surface area contributed by atoms with Crippen LogP contribution in [0.2, 0.25) is 0 Å². The van der Waals surface area contributed by atoms with Crippen molar-refractivity contribution in [2.45, 2.75) is 49.8 Å². The van der Waals surface area contributed by atoms with Gasteiger partial charge in [0.1, 0.15) is 17.1 Å². The quantitative estimate of drug-likeness (QED) is 0.640. The van der Waals surface area contributed by atoms with Gasteiger partial charge in [-0.15, -0.1) is 0 Å². The smallest absolute Gasteiger partial charge is 0.118 e. The van der Waals surface area contributed by atoms with Crippen molar-refractivity contribution in [1.82, 2.24) is 0 Å². The maximum Gasteiger partial charge on any atom is 0.118 e. The first-order chi connectivity index (χ1) is 13.9. The Hall–Kier alpha value is -1.56. The molecule has 2 aromatic rings. The van der Waals surface area contributed by atoms with Crippen molar-refractivity contribution in [3.05, 3.63) is 59.7 Å². The van der Waals surface area contributed by atoms with Crippen LogP contribution in [0, 0.1) is 5.92 Å². The average molecular weight is 476 g/mol. The number of benzene rings is 2. The highest BCUT2D eigenvalue weighted by atomic mass is 79.9. The van der Waals surface area contributed by atoms with Gasteiger partial charge in [0.05, 0.1) is 40.4 Å². The molecule has 2 fully saturated rings. The number of hydrogen-bond donors (Lipinski definition) is 1. The molecule has 5 heteroatoms. The van der Waals surface area contributed by atoms with Crippen LogP contribution in [0.4, 0.5) is 0 Å². The molecule has 0 radical (unpaired) electrons. The van der Waals surface area contributed by atoms with Crippen LogP contribution >= 0.6 is 0 Å². The molecule has 2 heterocycles. The number of fused-ring (bicyclic) bond motifs is 2. The lowest BCUT2D eigenvalue weighted by Gasteiger charge is -2.46. The summed E-state index contributed by atoms with van der Waals surface area (Å²) in [5, 5.41) is 12.1. The molecule has 2 saturated heterocycles. The SMILES string of the molecule is COc1ccc(C(O)(CC2C[C@H]3CC[C@@H](C2)[N+]3(C)C)c2ccc(OC)cc2)cc1.[Br-]. The number of methoxy groups -OCH3 is 2. The van der Waals surface area contributed by atoms with Gasteiger partial charge in [0, 0.05) is 25.7 Å². The molecule has 30 heavy (non-hydrogen) atoms. The summed E-state index contributed by atoms with van der Waals surface area (Å²) in [6, 6.07) is 17.2. The summed E-state index contributed by atoms with van der Waals surface area (Å²) in [5.74, 6) is 2.13. The number of quaternary nitrogens is 1. The molecule has 0 saturated carbocycles. The van der Waals surface area contributed by atoms with E-state index in [9.17, 15) is 5.11 Å². The Balaban J connectivity index is 0.00000256. The third-order valence-corrected chi connectivity index (χ3v) is 7.65. The van der Waals surface area contributed by atoms with Gasteiger partial charge in [-0.2, -0.15) is 0 Å². The van der Waals surface area contributed by atoms with Gasteiger partial charge >= 0.3 is 0 Å². The average Bonchev–Trinajstić information content (AvgIpc) is 2.89. The van der Waals surface area contributed by atoms with E-state index in [1.165, 1.54) is 25.7 Å². The Morgan fingerprint density at radius 3 is 1.60 bits per heavy atom. The standard InChI is InChI=1S/C25H34NO3.BrH/c1-26(2)21-9-10-22(26)16-18(15-21)17-25(27,19-5-11-23(28-3)12-6-19)20-7-13-24(29-4)14-8-20;/h5-8,11-14,18,21-22,27H,9-10,15-17H2,1-4H3;1H/q+1;/p-1/t18?,21-,22+;. The first-order valence-corrected chi connectivity index (χ1v) is 10.7. The largest absolute Gasteiger partial charge is 1.00 e. The van der Waals surface area contributed by atoms with Crippen LogP contribution in [0.1, 0.15) is 43.2 Å². The number of ether oxygens (including phenoxy) is 2. The maximum absolute atomic E-state index is 12.1. The topological polar surface area (TPSA) is 38.7 Å². The Morgan fingerprint density at radius 1 is 0.833 bits per heavy atom. The Morgan fingerprint density at radius 2 is 1.23 bits per heavy atom. The Kier molecular flexibility index (Phi) is 6.85. The zero-order valence-electron chi connectivity index (χ0n) is 18.5. The van der Waals surface area contributed by atoms with Crippen molar-refractivity contribution < 1.29 is 36.0 Å². The van der Waals surface area contributed by atoms with Crippen LogP contribution in [-0.4, -0.2) is 50.0 Å². The van der Waals surface area contributed by atoms with Crippen LogP contribution in [0.3, 0.4) is 0 Å². The van der Waals surface area contributed by atoms with Gasteiger partial charge in [-0.3, -0.25) is 0 Å². The third kappa shape index (κ3) is 4.12. The van der Waals surface area contributed by atoms with E-state index in [2.05, 4.69) is 14.1 Å². The van der Waals surface area contributed by atoms with Gasteiger partial charge in [0.15, 0.2) is 0 Å². The molecule has 2 bridgehead atoms. The Bertz CT molecular complexity index is 771. The highest BCUT2D eigenvalue weighted by Crippen LogP contribution is 2.47. The van der Waals surface area contributed by atoms with Gasteiger partial charge in [0.25, 0.3) is 0 Å². The molecule has 0 aliphatic carbocycles. The van der Waals surface area contributed by atoms with Gasteiger partial charge in [-0.1, -0.05) is 24.3 Å². The maximum atomic E-state index is 12.1. The van der Waals surface area contributed by atoms with Crippen LogP contribution in [0.25, 0.3) is 0 Å². The molecular formula is C25H34BrNO3. The van der Waals surface area contributed by atoms with Crippen LogP contribution in [0.15, 0.2) is 48.5 Å². The summed E-state index contributed by atoms with van der Waals surface area (Å²) in [5.41, 5.74) is 0.835. The van der Waals surface area contributed by atoms with E-state index in [4.69, 9.17) is 9.47 Å². The van der Waals surface area contributed by atoms with E-state index in [0.29, 0.717) is 5.92 Å². The predicted octanol–water partition coefficient (Wildman–Crippen LogP) is 1.35. The molecule has 4 nitrogen and oxygen atoms in total. The zero-order valence-corrected chi connectivity index (χ0v) is 20.1. The summed E-state index contributed by atoms with van der Waals surface area (Å²) in [4.78, 5) is 0. The second kappa shape index (κ2) is 8.89. The zero-order chi connectivity index (χ0) is 20.6. The van der Waals surface area contributed by atoms with E-state index in [1.54, 1.807) is 14.2 Å². The van der Waals surface area contributed by atoms with Crippen molar-refractivity contribution in [2.24, 2.45) is 5.92 Å². The van der Waals surface area contributed by atoms with E-state index < -0.39 is 5.60 Å². The number of aliphatic hydroxyl groups is 1. The molecule has 2 aliphatic rings. The fourth-order valence-electron chi connectivity index (χ4n) is 5.71. The monoisotopic (exact) mass is 475 g/mol. The van der Waals surface area contributed by atoms with E-state index in [1.807, 2.05) is 48.5 Å². The Labute approximate surface area is 191 Å². The summed E-state index contributed by atoms with van der Waals surface area (Å²) in [7, 11) is 8.11. The van der Waals surface area contributed by atoms with Crippen molar-refractivity contribution in [1.29, 1.82) is 0 Å². The number of hydrogen-bond acceptors (Lipinski definition) is 3. The molecule has 0 aromatic heterocycles. The fourth-order valence-corrected chi connectivity index (χ4v) is 5.71. The highest BCUT2D eigenvalue weighted by molar-refractivity contribution is 5.41. The number of nitrogens with zero attached hydrogens (tertiary/aromatic N) is 1. The minimum Gasteiger partial charge on any atom is -1.00 e. The van der Waals surface area contributed by atoms with Crippen molar-refractivity contribution >= 4 is 0 Å². The molecular weight excluding hydrogens is 442 g/mol. The molecule has 0 spiro atoms. The minimum atomic E-state index is -1.02. The summed E-state index contributed by atoms with van der Waals surface area (Å²) >= 11 is 0. The molecule has 164 valence electrons. The van der Waals surface area contributed by atoms with Crippen molar-refractivity contribution in [3.8, 4) is 11.5 Å². The summed E-state index contributed by atoms with van der Waals surface area (Å²) in [6.45, 7) is 0. The third-order valence-electron chi connectivity index (χ3n) is 7.65. The summed E-state index contributed by atoms with van der Waals surface area (Å²) in [6.07, 6.45) is 5.77. The number of halogens is 1. The number of rotatable bonds is 6. The lowest BCUT2D eigenvalue weighted by atomic mass is 9.75. The lowest BCUT2D eigenvalue weighted by molar-refractivity contribution is -0.931. The first-order valence-electron chi connectivity index (χ1n) is 10.7. The van der Waals surface area contributed by atoms with Gasteiger partial charge in [-0.25, -0.2) is 0 Å². The van der Waals surface area contributed by atoms with Crippen LogP contribution in [-0.2, 0) is 5.60 Å². The molecule has 2 aliphatic heterocycles. The van der Waals surface area contributed by atoms with Crippen LogP contribution < -0.4 is 26.5 Å². The summed E-state index contributed by atoms with van der Waals surface area (Å²) < 4.78 is 11.8. The van der Waals surface area contributed by atoms with E-state index in [0.717, 1.165) is 45.6 Å². The second-order valence-electron chi connectivity index (χ2n) is 9.37. The van der Waals surface area contributed by atoms with Gasteiger partial charge in [0.2, 0.25) is 0 Å². The predicted molar refractivity (Wildman–Crippen MR) is 115 cm³/mol. The molecule has 0 amide bonds. The highest BCUT2D eigenvalue weighted by Gasteiger charge is 2.50. The minimum absolute atomic E-state index is 0. The molecule has 3 atom stereocenters. The van der Waals surface area contributed by atoms with Crippen molar-refractivity contribution in [3.63, 3.8) is 0 Å². The molecule has 2 aromatic carbocycles. The first kappa shape index (κ1) is 23.1. The van der Waals surface area contributed by atoms with Gasteiger partial charge in [-0.05, 0) is 47.7 Å². The molecule has 1 unspecified atom stereocenters. The van der Waals surface area contributed by atoms with Crippen molar-refractivity contribution in [2.75, 3.05) is 28.3 Å². The van der Waals surface area contributed by atoms with Gasteiger partial charge < -0.3 is 36.0 Å². The van der Waals surface area contributed by atoms with E-state index in [-0.39, 0.29) is 17.0 Å². The fraction of sp³-hybridized carbons (Fsp3) is 0.520. The van der Waals surface area contributed by atoms with E-state index >= 15 is 0 Å². The second-order valence-corrected chi connectivity index (χ2v) is 9.37.